The van der Waals surface area contributed by atoms with Gasteiger partial charge >= 0.3 is 5.97 Å². The molecule has 1 heterocycles. The first-order valence-corrected chi connectivity index (χ1v) is 6.56. The molecule has 1 aliphatic carbocycles. The molecule has 0 saturated heterocycles. The highest BCUT2D eigenvalue weighted by molar-refractivity contribution is 5.84. The first kappa shape index (κ1) is 13.6. The molecule has 104 valence electrons. The van der Waals surface area contributed by atoms with Gasteiger partial charge in [-0.05, 0) is 25.0 Å². The Morgan fingerprint density at radius 2 is 2.11 bits per heavy atom. The van der Waals surface area contributed by atoms with Gasteiger partial charge in [0.1, 0.15) is 5.76 Å². The van der Waals surface area contributed by atoms with E-state index in [2.05, 4.69) is 0 Å². The number of carbonyl (C=O) groups is 2. The molecule has 1 aliphatic rings. The molecule has 19 heavy (non-hydrogen) atoms. The number of carboxylic acid groups (broad SMARTS) is 1. The molecule has 2 rings (SSSR count). The van der Waals surface area contributed by atoms with Crippen LogP contribution in [0.3, 0.4) is 0 Å². The zero-order valence-electron chi connectivity index (χ0n) is 11.2. The van der Waals surface area contributed by atoms with Crippen LogP contribution >= 0.6 is 0 Å². The summed E-state index contributed by atoms with van der Waals surface area (Å²) >= 11 is 0. The van der Waals surface area contributed by atoms with Gasteiger partial charge in [-0.1, -0.05) is 13.8 Å². The second kappa shape index (κ2) is 5.47. The van der Waals surface area contributed by atoms with Gasteiger partial charge in [-0.3, -0.25) is 9.59 Å². The highest BCUT2D eigenvalue weighted by Crippen LogP contribution is 2.31. The van der Waals surface area contributed by atoms with Crippen LogP contribution in [-0.4, -0.2) is 27.9 Å². The molecule has 0 aromatic carbocycles. The van der Waals surface area contributed by atoms with Crippen LogP contribution in [0.1, 0.15) is 32.4 Å². The molecule has 1 saturated carbocycles. The van der Waals surface area contributed by atoms with Crippen LogP contribution in [0.4, 0.5) is 0 Å². The molecule has 1 amide bonds. The summed E-state index contributed by atoms with van der Waals surface area (Å²) in [6.07, 6.45) is 3.55. The maximum atomic E-state index is 12.4. The Kier molecular flexibility index (Phi) is 3.93. The first-order chi connectivity index (χ1) is 9.00. The molecular weight excluding hydrogens is 246 g/mol. The minimum atomic E-state index is -0.936. The quantitative estimate of drug-likeness (QED) is 0.855. The number of carboxylic acids is 1. The summed E-state index contributed by atoms with van der Waals surface area (Å²) in [5.41, 5.74) is 0. The molecule has 0 aliphatic heterocycles. The Morgan fingerprint density at radius 3 is 2.58 bits per heavy atom. The fourth-order valence-electron chi connectivity index (χ4n) is 2.03. The fourth-order valence-corrected chi connectivity index (χ4v) is 2.03. The largest absolute Gasteiger partial charge is 0.481 e. The van der Waals surface area contributed by atoms with Crippen LogP contribution in [0, 0.1) is 11.8 Å². The van der Waals surface area contributed by atoms with Crippen molar-refractivity contribution >= 4 is 11.9 Å². The van der Waals surface area contributed by atoms with Gasteiger partial charge in [0, 0.05) is 12.0 Å². The number of carbonyl (C=O) groups excluding carboxylic acids is 1. The van der Waals surface area contributed by atoms with Gasteiger partial charge in [0.25, 0.3) is 0 Å². The first-order valence-electron chi connectivity index (χ1n) is 6.56. The molecular formula is C14H19NO4. The summed E-state index contributed by atoms with van der Waals surface area (Å²) in [5.74, 6) is -1.50. The zero-order chi connectivity index (χ0) is 14.0. The van der Waals surface area contributed by atoms with Crippen LogP contribution < -0.4 is 0 Å². The van der Waals surface area contributed by atoms with E-state index in [-0.39, 0.29) is 11.9 Å². The summed E-state index contributed by atoms with van der Waals surface area (Å²) in [5, 5.41) is 9.00. The third-order valence-corrected chi connectivity index (χ3v) is 3.71. The van der Waals surface area contributed by atoms with Crippen LogP contribution in [0.25, 0.3) is 0 Å². The average Bonchev–Trinajstić information content (AvgIpc) is 3.10. The SMILES string of the molecule is CC(C(=O)O)C(C)C(=O)N(Cc1ccco1)C1CC1. The van der Waals surface area contributed by atoms with E-state index in [0.29, 0.717) is 6.54 Å². The Labute approximate surface area is 112 Å². The Bertz CT molecular complexity index is 450. The topological polar surface area (TPSA) is 70.8 Å². The Morgan fingerprint density at radius 1 is 1.42 bits per heavy atom. The second-order valence-electron chi connectivity index (χ2n) is 5.19. The molecule has 1 N–H and O–H groups in total. The Balaban J connectivity index is 2.06. The van der Waals surface area contributed by atoms with E-state index in [1.807, 2.05) is 6.07 Å². The summed E-state index contributed by atoms with van der Waals surface area (Å²) < 4.78 is 5.27. The van der Waals surface area contributed by atoms with E-state index in [9.17, 15) is 9.59 Å². The number of hydrogen-bond acceptors (Lipinski definition) is 3. The normalized spacial score (nSPS) is 17.8. The summed E-state index contributed by atoms with van der Waals surface area (Å²) in [7, 11) is 0. The van der Waals surface area contributed by atoms with Crippen molar-refractivity contribution in [2.24, 2.45) is 11.8 Å². The molecule has 0 bridgehead atoms. The van der Waals surface area contributed by atoms with Crippen LogP contribution in [0.15, 0.2) is 22.8 Å². The number of rotatable bonds is 6. The van der Waals surface area contributed by atoms with Gasteiger partial charge in [-0.25, -0.2) is 0 Å². The van der Waals surface area contributed by atoms with Gasteiger partial charge in [-0.15, -0.1) is 0 Å². The summed E-state index contributed by atoms with van der Waals surface area (Å²) in [6, 6.07) is 3.85. The minimum Gasteiger partial charge on any atom is -0.481 e. The molecule has 0 spiro atoms. The third kappa shape index (κ3) is 3.16. The molecule has 1 aromatic rings. The summed E-state index contributed by atoms with van der Waals surface area (Å²) in [4.78, 5) is 25.2. The van der Waals surface area contributed by atoms with Crippen LogP contribution in [0.2, 0.25) is 0 Å². The number of nitrogens with zero attached hydrogens (tertiary/aromatic N) is 1. The van der Waals surface area contributed by atoms with Gasteiger partial charge < -0.3 is 14.4 Å². The van der Waals surface area contributed by atoms with Crippen molar-refractivity contribution in [2.45, 2.75) is 39.3 Å². The van der Waals surface area contributed by atoms with Crippen molar-refractivity contribution in [3.8, 4) is 0 Å². The van der Waals surface area contributed by atoms with E-state index >= 15 is 0 Å². The van der Waals surface area contributed by atoms with Gasteiger partial charge in [0.05, 0.1) is 18.7 Å². The number of furan rings is 1. The lowest BCUT2D eigenvalue weighted by Gasteiger charge is -2.26. The average molecular weight is 265 g/mol. The minimum absolute atomic E-state index is 0.103. The van der Waals surface area contributed by atoms with Gasteiger partial charge in [0.2, 0.25) is 5.91 Å². The molecule has 0 radical (unpaired) electrons. The fraction of sp³-hybridized carbons (Fsp3) is 0.571. The van der Waals surface area contributed by atoms with Crippen molar-refractivity contribution in [3.63, 3.8) is 0 Å². The highest BCUT2D eigenvalue weighted by atomic mass is 16.4. The van der Waals surface area contributed by atoms with Gasteiger partial charge in [0.15, 0.2) is 0 Å². The molecule has 2 atom stereocenters. The maximum absolute atomic E-state index is 12.4. The second-order valence-corrected chi connectivity index (χ2v) is 5.19. The van der Waals surface area contributed by atoms with E-state index in [1.54, 1.807) is 31.1 Å². The number of hydrogen-bond donors (Lipinski definition) is 1. The predicted molar refractivity (Wildman–Crippen MR) is 68.2 cm³/mol. The molecule has 1 aromatic heterocycles. The third-order valence-electron chi connectivity index (χ3n) is 3.71. The molecule has 5 nitrogen and oxygen atoms in total. The van der Waals surface area contributed by atoms with Crippen molar-refractivity contribution in [2.75, 3.05) is 0 Å². The number of amides is 1. The lowest BCUT2D eigenvalue weighted by molar-refractivity contribution is -0.149. The summed E-state index contributed by atoms with van der Waals surface area (Å²) in [6.45, 7) is 3.68. The predicted octanol–water partition coefficient (Wildman–Crippen LogP) is 2.13. The van der Waals surface area contributed by atoms with Crippen molar-refractivity contribution < 1.29 is 19.1 Å². The maximum Gasteiger partial charge on any atom is 0.307 e. The monoisotopic (exact) mass is 265 g/mol. The lowest BCUT2D eigenvalue weighted by Crippen LogP contribution is -2.40. The smallest absolute Gasteiger partial charge is 0.307 e. The molecule has 2 unspecified atom stereocenters. The zero-order valence-corrected chi connectivity index (χ0v) is 11.2. The Hall–Kier alpha value is -1.78. The van der Waals surface area contributed by atoms with Crippen molar-refractivity contribution in [1.82, 2.24) is 4.90 Å². The van der Waals surface area contributed by atoms with E-state index in [0.717, 1.165) is 18.6 Å². The number of aliphatic carboxylic acids is 1. The molecule has 5 heteroatoms. The van der Waals surface area contributed by atoms with E-state index in [1.165, 1.54) is 0 Å². The van der Waals surface area contributed by atoms with E-state index in [4.69, 9.17) is 9.52 Å². The lowest BCUT2D eigenvalue weighted by atomic mass is 9.94. The van der Waals surface area contributed by atoms with Gasteiger partial charge in [-0.2, -0.15) is 0 Å². The highest BCUT2D eigenvalue weighted by Gasteiger charge is 2.37. The van der Waals surface area contributed by atoms with Crippen LogP contribution in [0.5, 0.6) is 0 Å². The standard InChI is InChI=1S/C14H19NO4/c1-9(10(2)14(17)18)13(16)15(11-5-6-11)8-12-4-3-7-19-12/h3-4,7,9-11H,5-6,8H2,1-2H3,(H,17,18). The van der Waals surface area contributed by atoms with Crippen LogP contribution in [-0.2, 0) is 16.1 Å². The van der Waals surface area contributed by atoms with Crippen molar-refractivity contribution in [1.29, 1.82) is 0 Å². The van der Waals surface area contributed by atoms with E-state index < -0.39 is 17.8 Å². The van der Waals surface area contributed by atoms with Crippen molar-refractivity contribution in [3.05, 3.63) is 24.2 Å². The molecule has 1 fully saturated rings.